The predicted molar refractivity (Wildman–Crippen MR) is 73.1 cm³/mol. The van der Waals surface area contributed by atoms with Crippen molar-refractivity contribution in [3.8, 4) is 11.4 Å². The fourth-order valence-electron chi connectivity index (χ4n) is 2.18. The van der Waals surface area contributed by atoms with Crippen LogP contribution in [0.25, 0.3) is 11.4 Å². The van der Waals surface area contributed by atoms with E-state index in [1.165, 1.54) is 0 Å². The maximum atomic E-state index is 14.0. The Balaban J connectivity index is 2.06. The van der Waals surface area contributed by atoms with Crippen molar-refractivity contribution in [1.82, 2.24) is 20.3 Å². The second-order valence-electron chi connectivity index (χ2n) is 4.53. The third-order valence-corrected chi connectivity index (χ3v) is 3.22. The lowest BCUT2D eigenvalue weighted by molar-refractivity contribution is 0.551. The first-order valence-electron chi connectivity index (χ1n) is 6.41. The molecule has 0 amide bonds. The standard InChI is InChI=1S/C13H14FN5O/c14-10-12(19-7-5-16-6-8-19)17-11(18-13(10)20)9-1-3-15-4-2-9/h1-4,16H,5-8H2,(H,17,18,20). The first kappa shape index (κ1) is 12.7. The molecular formula is C13H14FN5O. The van der Waals surface area contributed by atoms with Crippen molar-refractivity contribution in [3.63, 3.8) is 0 Å². The van der Waals surface area contributed by atoms with Gasteiger partial charge in [-0.2, -0.15) is 4.39 Å². The van der Waals surface area contributed by atoms with E-state index < -0.39 is 11.4 Å². The number of aromatic amines is 1. The second-order valence-corrected chi connectivity index (χ2v) is 4.53. The Kier molecular flexibility index (Phi) is 3.42. The van der Waals surface area contributed by atoms with Gasteiger partial charge >= 0.3 is 0 Å². The molecule has 0 unspecified atom stereocenters. The van der Waals surface area contributed by atoms with Gasteiger partial charge in [0.1, 0.15) is 5.82 Å². The molecule has 0 spiro atoms. The molecule has 3 rings (SSSR count). The quantitative estimate of drug-likeness (QED) is 0.829. The van der Waals surface area contributed by atoms with Crippen LogP contribution in [0.3, 0.4) is 0 Å². The summed E-state index contributed by atoms with van der Waals surface area (Å²) in [4.78, 5) is 24.2. The summed E-state index contributed by atoms with van der Waals surface area (Å²) >= 11 is 0. The van der Waals surface area contributed by atoms with E-state index in [4.69, 9.17) is 0 Å². The molecule has 1 saturated heterocycles. The van der Waals surface area contributed by atoms with E-state index in [-0.39, 0.29) is 5.82 Å². The number of aromatic nitrogens is 3. The monoisotopic (exact) mass is 275 g/mol. The number of H-pyrrole nitrogens is 1. The third kappa shape index (κ3) is 2.39. The minimum Gasteiger partial charge on any atom is -0.351 e. The van der Waals surface area contributed by atoms with Gasteiger partial charge in [0.25, 0.3) is 5.56 Å². The van der Waals surface area contributed by atoms with Crippen LogP contribution in [-0.4, -0.2) is 41.1 Å². The van der Waals surface area contributed by atoms with Crippen molar-refractivity contribution in [2.75, 3.05) is 31.1 Å². The Bertz CT molecular complexity index is 652. The van der Waals surface area contributed by atoms with Gasteiger partial charge in [0, 0.05) is 44.1 Å². The van der Waals surface area contributed by atoms with E-state index >= 15 is 0 Å². The molecule has 0 aromatic carbocycles. The van der Waals surface area contributed by atoms with Crippen LogP contribution in [0.4, 0.5) is 10.2 Å². The molecule has 1 aliphatic heterocycles. The van der Waals surface area contributed by atoms with Gasteiger partial charge in [-0.1, -0.05) is 0 Å². The van der Waals surface area contributed by atoms with Crippen molar-refractivity contribution in [1.29, 1.82) is 0 Å². The van der Waals surface area contributed by atoms with Crippen molar-refractivity contribution in [2.24, 2.45) is 0 Å². The average molecular weight is 275 g/mol. The molecule has 0 aliphatic carbocycles. The van der Waals surface area contributed by atoms with E-state index in [1.807, 2.05) is 0 Å². The number of hydrogen-bond acceptors (Lipinski definition) is 5. The Hall–Kier alpha value is -2.28. The van der Waals surface area contributed by atoms with Gasteiger partial charge in [-0.25, -0.2) is 4.98 Å². The summed E-state index contributed by atoms with van der Waals surface area (Å²) in [5, 5.41) is 3.18. The minimum absolute atomic E-state index is 0.113. The summed E-state index contributed by atoms with van der Waals surface area (Å²) in [5.74, 6) is -0.362. The molecule has 3 heterocycles. The number of halogens is 1. The highest BCUT2D eigenvalue weighted by Crippen LogP contribution is 2.18. The van der Waals surface area contributed by atoms with Crippen molar-refractivity contribution in [2.45, 2.75) is 0 Å². The van der Waals surface area contributed by atoms with Crippen LogP contribution in [0.15, 0.2) is 29.3 Å². The van der Waals surface area contributed by atoms with Crippen LogP contribution < -0.4 is 15.8 Å². The maximum absolute atomic E-state index is 14.0. The molecule has 2 aromatic rings. The number of nitrogens with one attached hydrogen (secondary N) is 2. The molecule has 7 heteroatoms. The lowest BCUT2D eigenvalue weighted by Crippen LogP contribution is -2.45. The predicted octanol–water partition coefficient (Wildman–Crippen LogP) is 0.381. The molecule has 0 bridgehead atoms. The van der Waals surface area contributed by atoms with Gasteiger partial charge in [-0.15, -0.1) is 0 Å². The lowest BCUT2D eigenvalue weighted by atomic mass is 10.2. The zero-order valence-corrected chi connectivity index (χ0v) is 10.8. The summed E-state index contributed by atoms with van der Waals surface area (Å²) in [7, 11) is 0. The summed E-state index contributed by atoms with van der Waals surface area (Å²) in [6.07, 6.45) is 3.20. The third-order valence-electron chi connectivity index (χ3n) is 3.22. The molecule has 104 valence electrons. The molecule has 1 aliphatic rings. The topological polar surface area (TPSA) is 73.9 Å². The zero-order valence-electron chi connectivity index (χ0n) is 10.8. The highest BCUT2D eigenvalue weighted by atomic mass is 19.1. The number of anilines is 1. The van der Waals surface area contributed by atoms with Crippen LogP contribution in [0.5, 0.6) is 0 Å². The van der Waals surface area contributed by atoms with E-state index in [0.29, 0.717) is 24.5 Å². The van der Waals surface area contributed by atoms with Crippen LogP contribution in [0.1, 0.15) is 0 Å². The smallest absolute Gasteiger partial charge is 0.289 e. The van der Waals surface area contributed by atoms with Crippen LogP contribution in [0, 0.1) is 5.82 Å². The number of rotatable bonds is 2. The van der Waals surface area contributed by atoms with Gasteiger partial charge in [0.05, 0.1) is 0 Å². The minimum atomic E-state index is -0.829. The van der Waals surface area contributed by atoms with Crippen molar-refractivity contribution < 1.29 is 4.39 Å². The summed E-state index contributed by atoms with van der Waals surface area (Å²) in [5.41, 5.74) is -0.0474. The summed E-state index contributed by atoms with van der Waals surface area (Å²) < 4.78 is 14.0. The Morgan fingerprint density at radius 2 is 1.90 bits per heavy atom. The summed E-state index contributed by atoms with van der Waals surface area (Å²) in [6.45, 7) is 2.75. The van der Waals surface area contributed by atoms with Crippen LogP contribution in [0.2, 0.25) is 0 Å². The fraction of sp³-hybridized carbons (Fsp3) is 0.308. The lowest BCUT2D eigenvalue weighted by Gasteiger charge is -2.28. The van der Waals surface area contributed by atoms with Gasteiger partial charge in [-0.05, 0) is 12.1 Å². The first-order chi connectivity index (χ1) is 9.75. The number of nitrogens with zero attached hydrogens (tertiary/aromatic N) is 3. The second kappa shape index (κ2) is 5.38. The molecule has 20 heavy (non-hydrogen) atoms. The van der Waals surface area contributed by atoms with Gasteiger partial charge in [0.15, 0.2) is 5.82 Å². The van der Waals surface area contributed by atoms with Gasteiger partial charge < -0.3 is 15.2 Å². The van der Waals surface area contributed by atoms with Crippen molar-refractivity contribution in [3.05, 3.63) is 40.7 Å². The number of pyridine rings is 1. The molecule has 1 fully saturated rings. The van der Waals surface area contributed by atoms with E-state index in [2.05, 4.69) is 20.3 Å². The molecule has 0 saturated carbocycles. The highest BCUT2D eigenvalue weighted by Gasteiger charge is 2.19. The van der Waals surface area contributed by atoms with E-state index in [9.17, 15) is 9.18 Å². The van der Waals surface area contributed by atoms with Gasteiger partial charge in [-0.3, -0.25) is 9.78 Å². The van der Waals surface area contributed by atoms with Crippen LogP contribution in [-0.2, 0) is 0 Å². The van der Waals surface area contributed by atoms with E-state index in [1.54, 1.807) is 29.4 Å². The molecule has 6 nitrogen and oxygen atoms in total. The average Bonchev–Trinajstić information content (AvgIpc) is 2.51. The fourth-order valence-corrected chi connectivity index (χ4v) is 2.18. The SMILES string of the molecule is O=c1[nH]c(-c2ccncc2)nc(N2CCNCC2)c1F. The number of hydrogen-bond donors (Lipinski definition) is 2. The van der Waals surface area contributed by atoms with Crippen molar-refractivity contribution >= 4 is 5.82 Å². The molecule has 2 N–H and O–H groups in total. The Labute approximate surface area is 114 Å². The maximum Gasteiger partial charge on any atom is 0.289 e. The molecular weight excluding hydrogens is 261 g/mol. The largest absolute Gasteiger partial charge is 0.351 e. The van der Waals surface area contributed by atoms with E-state index in [0.717, 1.165) is 13.1 Å². The highest BCUT2D eigenvalue weighted by molar-refractivity contribution is 5.56. The van der Waals surface area contributed by atoms with Gasteiger partial charge in [0.2, 0.25) is 5.82 Å². The molecule has 0 radical (unpaired) electrons. The Morgan fingerprint density at radius 1 is 1.20 bits per heavy atom. The summed E-state index contributed by atoms with van der Waals surface area (Å²) in [6, 6.07) is 3.44. The zero-order chi connectivity index (χ0) is 13.9. The molecule has 2 aromatic heterocycles. The Morgan fingerprint density at radius 3 is 2.60 bits per heavy atom. The number of piperazine rings is 1. The normalized spacial score (nSPS) is 15.3. The molecule has 0 atom stereocenters. The first-order valence-corrected chi connectivity index (χ1v) is 6.41. The van der Waals surface area contributed by atoms with Crippen LogP contribution >= 0.6 is 0 Å².